The number of carboxylic acids is 1. The van der Waals surface area contributed by atoms with Crippen molar-refractivity contribution in [2.75, 3.05) is 25.1 Å². The van der Waals surface area contributed by atoms with E-state index < -0.39 is 33.4 Å². The van der Waals surface area contributed by atoms with Crippen LogP contribution in [-0.4, -0.2) is 72.0 Å². The molecule has 1 heterocycles. The lowest BCUT2D eigenvalue weighted by Gasteiger charge is -2.40. The predicted molar refractivity (Wildman–Crippen MR) is 69.7 cm³/mol. The third kappa shape index (κ3) is 3.17. The highest BCUT2D eigenvalue weighted by Crippen LogP contribution is 2.19. The van der Waals surface area contributed by atoms with Gasteiger partial charge in [-0.05, 0) is 20.8 Å². The average molecular weight is 292 g/mol. The van der Waals surface area contributed by atoms with E-state index in [1.54, 1.807) is 6.92 Å². The van der Waals surface area contributed by atoms with E-state index in [0.717, 1.165) is 4.90 Å². The van der Waals surface area contributed by atoms with Crippen LogP contribution in [0.5, 0.6) is 0 Å². The third-order valence-corrected chi connectivity index (χ3v) is 5.36. The molecule has 8 heteroatoms. The molecular formula is C11H20N2O5S. The molecule has 2 amide bonds. The summed E-state index contributed by atoms with van der Waals surface area (Å²) in [5, 5.41) is 9.10. The second-order valence-electron chi connectivity index (χ2n) is 5.36. The van der Waals surface area contributed by atoms with Gasteiger partial charge in [-0.3, -0.25) is 0 Å². The molecule has 1 unspecified atom stereocenters. The summed E-state index contributed by atoms with van der Waals surface area (Å²) in [6.45, 7) is 4.61. The number of urea groups is 1. The summed E-state index contributed by atoms with van der Waals surface area (Å²) in [7, 11) is -1.70. The van der Waals surface area contributed by atoms with Gasteiger partial charge in [0.25, 0.3) is 0 Å². The molecule has 110 valence electrons. The summed E-state index contributed by atoms with van der Waals surface area (Å²) >= 11 is 0. The van der Waals surface area contributed by atoms with Crippen LogP contribution in [0.25, 0.3) is 0 Å². The highest BCUT2D eigenvalue weighted by Gasteiger charge is 2.40. The number of hydrogen-bond donors (Lipinski definition) is 1. The maximum Gasteiger partial charge on any atom is 0.329 e. The van der Waals surface area contributed by atoms with Gasteiger partial charge in [-0.1, -0.05) is 0 Å². The Kier molecular flexibility index (Phi) is 4.14. The van der Waals surface area contributed by atoms with Gasteiger partial charge < -0.3 is 14.9 Å². The first-order chi connectivity index (χ1) is 8.49. The van der Waals surface area contributed by atoms with Crippen LogP contribution in [0.3, 0.4) is 0 Å². The van der Waals surface area contributed by atoms with Gasteiger partial charge in [-0.15, -0.1) is 0 Å². The average Bonchev–Trinajstić information content (AvgIpc) is 2.25. The first kappa shape index (κ1) is 15.7. The molecule has 1 atom stereocenters. The van der Waals surface area contributed by atoms with E-state index in [9.17, 15) is 18.0 Å². The summed E-state index contributed by atoms with van der Waals surface area (Å²) in [6.07, 6.45) is 0. The topological polar surface area (TPSA) is 95.0 Å². The molecule has 7 nitrogen and oxygen atoms in total. The zero-order valence-electron chi connectivity index (χ0n) is 11.6. The Morgan fingerprint density at radius 1 is 1.37 bits per heavy atom. The van der Waals surface area contributed by atoms with Crippen LogP contribution in [-0.2, 0) is 14.6 Å². The second-order valence-corrected chi connectivity index (χ2v) is 7.59. The Labute approximate surface area is 113 Å². The molecule has 0 bridgehead atoms. The molecule has 0 aromatic carbocycles. The highest BCUT2D eigenvalue weighted by molar-refractivity contribution is 7.91. The van der Waals surface area contributed by atoms with Crippen molar-refractivity contribution in [1.82, 2.24) is 9.80 Å². The van der Waals surface area contributed by atoms with Gasteiger partial charge in [0.05, 0.1) is 11.5 Å². The van der Waals surface area contributed by atoms with E-state index in [-0.39, 0.29) is 18.1 Å². The number of nitrogens with zero attached hydrogens (tertiary/aromatic N) is 2. The van der Waals surface area contributed by atoms with Crippen LogP contribution in [0.2, 0.25) is 0 Å². The van der Waals surface area contributed by atoms with Gasteiger partial charge in [0, 0.05) is 19.6 Å². The standard InChI is InChI=1S/C11H20N2O5S/c1-8-7-19(17,18)6-5-13(8)10(16)12(4)11(2,3)9(14)15/h8H,5-7H2,1-4H3,(H,14,15). The molecule has 1 fully saturated rings. The maximum atomic E-state index is 12.3. The second kappa shape index (κ2) is 4.99. The number of carbonyl (C=O) groups excluding carboxylic acids is 1. The molecule has 19 heavy (non-hydrogen) atoms. The Morgan fingerprint density at radius 3 is 2.32 bits per heavy atom. The van der Waals surface area contributed by atoms with Crippen molar-refractivity contribution in [3.8, 4) is 0 Å². The lowest BCUT2D eigenvalue weighted by molar-refractivity contribution is -0.147. The SMILES string of the molecule is CC1CS(=O)(=O)CCN1C(=O)N(C)C(C)(C)C(=O)O. The van der Waals surface area contributed by atoms with E-state index in [4.69, 9.17) is 5.11 Å². The minimum absolute atomic E-state index is 0.0789. The smallest absolute Gasteiger partial charge is 0.329 e. The molecule has 0 radical (unpaired) electrons. The number of hydrogen-bond acceptors (Lipinski definition) is 4. The summed E-state index contributed by atoms with van der Waals surface area (Å²) in [6, 6.07) is -0.909. The van der Waals surface area contributed by atoms with Crippen LogP contribution < -0.4 is 0 Å². The molecule has 1 aliphatic rings. The molecule has 1 N–H and O–H groups in total. The van der Waals surface area contributed by atoms with E-state index in [2.05, 4.69) is 0 Å². The van der Waals surface area contributed by atoms with E-state index >= 15 is 0 Å². The molecule has 1 saturated heterocycles. The Morgan fingerprint density at radius 2 is 1.89 bits per heavy atom. The molecule has 1 rings (SSSR count). The maximum absolute atomic E-state index is 12.3. The summed E-state index contributed by atoms with van der Waals surface area (Å²) in [5.41, 5.74) is -1.34. The highest BCUT2D eigenvalue weighted by atomic mass is 32.2. The van der Waals surface area contributed by atoms with Crippen LogP contribution in [0, 0.1) is 0 Å². The van der Waals surface area contributed by atoms with Crippen molar-refractivity contribution in [1.29, 1.82) is 0 Å². The van der Waals surface area contributed by atoms with E-state index in [1.165, 1.54) is 25.8 Å². The number of sulfone groups is 1. The van der Waals surface area contributed by atoms with Gasteiger partial charge in [0.15, 0.2) is 9.84 Å². The number of likely N-dealkylation sites (N-methyl/N-ethyl adjacent to an activating group) is 1. The summed E-state index contributed by atoms with van der Waals surface area (Å²) in [4.78, 5) is 25.9. The van der Waals surface area contributed by atoms with Crippen LogP contribution in [0.4, 0.5) is 4.79 Å². The number of carbonyl (C=O) groups is 2. The van der Waals surface area contributed by atoms with Crippen LogP contribution in [0.15, 0.2) is 0 Å². The van der Waals surface area contributed by atoms with Crippen molar-refractivity contribution >= 4 is 21.8 Å². The minimum Gasteiger partial charge on any atom is -0.480 e. The molecule has 1 aliphatic heterocycles. The van der Waals surface area contributed by atoms with Crippen LogP contribution in [0.1, 0.15) is 20.8 Å². The Hall–Kier alpha value is -1.31. The zero-order chi connectivity index (χ0) is 15.0. The molecule has 0 saturated carbocycles. The lowest BCUT2D eigenvalue weighted by atomic mass is 10.0. The lowest BCUT2D eigenvalue weighted by Crippen LogP contribution is -2.59. The molecular weight excluding hydrogens is 272 g/mol. The van der Waals surface area contributed by atoms with Gasteiger partial charge in [-0.2, -0.15) is 0 Å². The molecule has 0 aromatic heterocycles. The fourth-order valence-corrected chi connectivity index (χ4v) is 3.41. The van der Waals surface area contributed by atoms with Crippen molar-refractivity contribution in [3.05, 3.63) is 0 Å². The molecule has 0 spiro atoms. The van der Waals surface area contributed by atoms with Gasteiger partial charge in [-0.25, -0.2) is 18.0 Å². The predicted octanol–water partition coefficient (Wildman–Crippen LogP) is 0.0203. The third-order valence-electron chi connectivity index (χ3n) is 3.56. The number of amides is 2. The monoisotopic (exact) mass is 292 g/mol. The minimum atomic E-state index is -3.10. The van der Waals surface area contributed by atoms with Crippen molar-refractivity contribution in [2.45, 2.75) is 32.4 Å². The van der Waals surface area contributed by atoms with Crippen molar-refractivity contribution < 1.29 is 23.1 Å². The largest absolute Gasteiger partial charge is 0.480 e. The number of carboxylic acid groups (broad SMARTS) is 1. The van der Waals surface area contributed by atoms with Crippen molar-refractivity contribution in [2.24, 2.45) is 0 Å². The Balaban J connectivity index is 2.87. The summed E-state index contributed by atoms with van der Waals surface area (Å²) in [5.74, 6) is -1.27. The van der Waals surface area contributed by atoms with E-state index in [1.807, 2.05) is 0 Å². The Bertz CT molecular complexity index is 485. The van der Waals surface area contributed by atoms with Crippen LogP contribution >= 0.6 is 0 Å². The fourth-order valence-electron chi connectivity index (χ4n) is 1.86. The fraction of sp³-hybridized carbons (Fsp3) is 0.818. The first-order valence-electron chi connectivity index (χ1n) is 5.97. The molecule has 0 aliphatic carbocycles. The van der Waals surface area contributed by atoms with Gasteiger partial charge in [0.1, 0.15) is 5.54 Å². The normalized spacial score (nSPS) is 22.9. The summed E-state index contributed by atoms with van der Waals surface area (Å²) < 4.78 is 22.9. The molecule has 0 aromatic rings. The van der Waals surface area contributed by atoms with E-state index in [0.29, 0.717) is 0 Å². The number of aliphatic carboxylic acids is 1. The first-order valence-corrected chi connectivity index (χ1v) is 7.79. The zero-order valence-corrected chi connectivity index (χ0v) is 12.4. The van der Waals surface area contributed by atoms with Gasteiger partial charge in [0.2, 0.25) is 0 Å². The van der Waals surface area contributed by atoms with Gasteiger partial charge >= 0.3 is 12.0 Å². The van der Waals surface area contributed by atoms with Crippen molar-refractivity contribution in [3.63, 3.8) is 0 Å². The number of rotatable bonds is 2. The quantitative estimate of drug-likeness (QED) is 0.774.